The van der Waals surface area contributed by atoms with Crippen LogP contribution in [0.5, 0.6) is 0 Å². The van der Waals surface area contributed by atoms with E-state index in [4.69, 9.17) is 4.74 Å². The fourth-order valence-electron chi connectivity index (χ4n) is 3.69. The molecule has 190 valence electrons. The minimum Gasteiger partial charge on any atom is -0.379 e. The van der Waals surface area contributed by atoms with Crippen LogP contribution in [0.3, 0.4) is 0 Å². The average Bonchev–Trinajstić information content (AvgIpc) is 2.86. The van der Waals surface area contributed by atoms with E-state index >= 15 is 0 Å². The van der Waals surface area contributed by atoms with Gasteiger partial charge in [0, 0.05) is 24.3 Å². The standard InChI is InChI=1S/C25H27N3O6S2/c1-18-3-8-22(9-4-18)35(30,31)27-24-12-5-20(17-19(24)2)25(29)26-21-6-10-23(11-7-21)36(32,33)28-13-15-34-16-14-28/h3-12,17,27H,13-16H2,1-2H3,(H,26,29). The van der Waals surface area contributed by atoms with Crippen molar-refractivity contribution >= 4 is 37.3 Å². The van der Waals surface area contributed by atoms with Crippen molar-refractivity contribution in [2.24, 2.45) is 0 Å². The van der Waals surface area contributed by atoms with Crippen molar-refractivity contribution in [1.29, 1.82) is 0 Å². The Balaban J connectivity index is 1.44. The molecule has 0 aromatic heterocycles. The van der Waals surface area contributed by atoms with Crippen molar-refractivity contribution in [3.63, 3.8) is 0 Å². The van der Waals surface area contributed by atoms with Crippen LogP contribution in [0.15, 0.2) is 76.5 Å². The van der Waals surface area contributed by atoms with E-state index in [2.05, 4.69) is 10.0 Å². The number of anilines is 2. The summed E-state index contributed by atoms with van der Waals surface area (Å²) in [5, 5.41) is 2.74. The van der Waals surface area contributed by atoms with Crippen molar-refractivity contribution in [2.75, 3.05) is 36.3 Å². The fourth-order valence-corrected chi connectivity index (χ4v) is 6.23. The molecule has 0 radical (unpaired) electrons. The Kier molecular flexibility index (Phi) is 7.46. The maximum Gasteiger partial charge on any atom is 0.261 e. The van der Waals surface area contributed by atoms with E-state index in [1.54, 1.807) is 25.1 Å². The number of nitrogens with zero attached hydrogens (tertiary/aromatic N) is 1. The maximum atomic E-state index is 12.8. The Morgan fingerprint density at radius 1 is 0.833 bits per heavy atom. The summed E-state index contributed by atoms with van der Waals surface area (Å²) < 4.78 is 60.0. The molecule has 1 heterocycles. The van der Waals surface area contributed by atoms with Crippen LogP contribution in [0.2, 0.25) is 0 Å². The first-order valence-corrected chi connectivity index (χ1v) is 14.2. The second kappa shape index (κ2) is 10.4. The molecule has 0 bridgehead atoms. The topological polar surface area (TPSA) is 122 Å². The van der Waals surface area contributed by atoms with Crippen molar-refractivity contribution in [3.05, 3.63) is 83.4 Å². The lowest BCUT2D eigenvalue weighted by Gasteiger charge is -2.26. The molecule has 0 saturated carbocycles. The highest BCUT2D eigenvalue weighted by molar-refractivity contribution is 7.92. The summed E-state index contributed by atoms with van der Waals surface area (Å²) in [5.41, 5.74) is 2.66. The molecule has 9 nitrogen and oxygen atoms in total. The Labute approximate surface area is 211 Å². The minimum absolute atomic E-state index is 0.142. The third-order valence-corrected chi connectivity index (χ3v) is 9.08. The number of hydrogen-bond donors (Lipinski definition) is 2. The van der Waals surface area contributed by atoms with Gasteiger partial charge in [-0.15, -0.1) is 0 Å². The summed E-state index contributed by atoms with van der Waals surface area (Å²) in [6.07, 6.45) is 0. The van der Waals surface area contributed by atoms with Crippen molar-refractivity contribution in [2.45, 2.75) is 23.6 Å². The van der Waals surface area contributed by atoms with Crippen molar-refractivity contribution < 1.29 is 26.4 Å². The number of morpholine rings is 1. The van der Waals surface area contributed by atoms with Crippen LogP contribution < -0.4 is 10.0 Å². The highest BCUT2D eigenvalue weighted by Crippen LogP contribution is 2.23. The monoisotopic (exact) mass is 529 g/mol. The molecule has 0 unspecified atom stereocenters. The van der Waals surface area contributed by atoms with E-state index in [0.717, 1.165) is 5.56 Å². The van der Waals surface area contributed by atoms with E-state index in [-0.39, 0.29) is 9.79 Å². The zero-order valence-corrected chi connectivity index (χ0v) is 21.5. The number of rotatable bonds is 7. The van der Waals surface area contributed by atoms with Crippen molar-refractivity contribution in [3.8, 4) is 0 Å². The van der Waals surface area contributed by atoms with Gasteiger partial charge in [0.05, 0.1) is 28.7 Å². The molecule has 1 aliphatic rings. The molecule has 4 rings (SSSR count). The lowest BCUT2D eigenvalue weighted by Crippen LogP contribution is -2.40. The molecule has 1 fully saturated rings. The van der Waals surface area contributed by atoms with Crippen LogP contribution in [0.4, 0.5) is 11.4 Å². The summed E-state index contributed by atoms with van der Waals surface area (Å²) in [6.45, 7) is 4.90. The molecule has 1 saturated heterocycles. The zero-order valence-electron chi connectivity index (χ0n) is 19.9. The lowest BCUT2D eigenvalue weighted by molar-refractivity contribution is 0.0730. The van der Waals surface area contributed by atoms with Gasteiger partial charge in [0.1, 0.15) is 0 Å². The number of ether oxygens (including phenoxy) is 1. The number of benzene rings is 3. The van der Waals surface area contributed by atoms with Crippen molar-refractivity contribution in [1.82, 2.24) is 4.31 Å². The quantitative estimate of drug-likeness (QED) is 0.484. The second-order valence-electron chi connectivity index (χ2n) is 8.44. The number of carbonyl (C=O) groups is 1. The van der Waals surface area contributed by atoms with E-state index in [0.29, 0.717) is 48.8 Å². The molecule has 2 N–H and O–H groups in total. The van der Waals surface area contributed by atoms with Crippen LogP contribution in [0, 0.1) is 13.8 Å². The molecule has 36 heavy (non-hydrogen) atoms. The zero-order chi connectivity index (χ0) is 25.9. The molecule has 0 spiro atoms. The molecule has 3 aromatic carbocycles. The Morgan fingerprint density at radius 2 is 1.44 bits per heavy atom. The predicted molar refractivity (Wildman–Crippen MR) is 137 cm³/mol. The van der Waals surface area contributed by atoms with Crippen LogP contribution >= 0.6 is 0 Å². The first-order valence-electron chi connectivity index (χ1n) is 11.3. The molecule has 0 aliphatic carbocycles. The van der Waals surface area contributed by atoms with Gasteiger partial charge in [0.15, 0.2) is 0 Å². The van der Waals surface area contributed by atoms with Gasteiger partial charge < -0.3 is 10.1 Å². The molecular weight excluding hydrogens is 502 g/mol. The molecule has 1 aliphatic heterocycles. The molecule has 3 aromatic rings. The lowest BCUT2D eigenvalue weighted by atomic mass is 10.1. The highest BCUT2D eigenvalue weighted by atomic mass is 32.2. The van der Waals surface area contributed by atoms with E-state index in [9.17, 15) is 21.6 Å². The number of carbonyl (C=O) groups excluding carboxylic acids is 1. The summed E-state index contributed by atoms with van der Waals surface area (Å²) in [4.78, 5) is 13.0. The molecular formula is C25H27N3O6S2. The van der Waals surface area contributed by atoms with E-state index < -0.39 is 26.0 Å². The van der Waals surface area contributed by atoms with E-state index in [1.165, 1.54) is 52.8 Å². The first kappa shape index (κ1) is 25.8. The Bertz CT molecular complexity index is 1460. The average molecular weight is 530 g/mol. The molecule has 0 atom stereocenters. The number of sulfonamides is 2. The third kappa shape index (κ3) is 5.76. The smallest absolute Gasteiger partial charge is 0.261 e. The van der Waals surface area contributed by atoms with Crippen LogP contribution in [-0.4, -0.2) is 53.4 Å². The van der Waals surface area contributed by atoms with Crippen LogP contribution in [0.1, 0.15) is 21.5 Å². The fraction of sp³-hybridized carbons (Fsp3) is 0.240. The summed E-state index contributed by atoms with van der Waals surface area (Å²) in [5.74, 6) is -0.408. The number of nitrogens with one attached hydrogen (secondary N) is 2. The number of hydrogen-bond acceptors (Lipinski definition) is 6. The van der Waals surface area contributed by atoms with Gasteiger partial charge in [0.2, 0.25) is 10.0 Å². The van der Waals surface area contributed by atoms with Gasteiger partial charge in [-0.25, -0.2) is 16.8 Å². The largest absolute Gasteiger partial charge is 0.379 e. The summed E-state index contributed by atoms with van der Waals surface area (Å²) >= 11 is 0. The molecule has 11 heteroatoms. The van der Waals surface area contributed by atoms with Gasteiger partial charge in [-0.2, -0.15) is 4.31 Å². The van der Waals surface area contributed by atoms with Gasteiger partial charge in [-0.05, 0) is 74.0 Å². The molecule has 1 amide bonds. The third-order valence-electron chi connectivity index (χ3n) is 5.78. The van der Waals surface area contributed by atoms with E-state index in [1.807, 2.05) is 6.92 Å². The Hall–Kier alpha value is -3.25. The number of aryl methyl sites for hydroxylation is 2. The van der Waals surface area contributed by atoms with Gasteiger partial charge >= 0.3 is 0 Å². The first-order chi connectivity index (χ1) is 17.1. The summed E-state index contributed by atoms with van der Waals surface area (Å²) in [7, 11) is -7.39. The van der Waals surface area contributed by atoms with Crippen LogP contribution in [0.25, 0.3) is 0 Å². The van der Waals surface area contributed by atoms with Gasteiger partial charge in [0.25, 0.3) is 15.9 Å². The maximum absolute atomic E-state index is 12.8. The van der Waals surface area contributed by atoms with Gasteiger partial charge in [-0.3, -0.25) is 9.52 Å². The SMILES string of the molecule is Cc1ccc(S(=O)(=O)Nc2ccc(C(=O)Nc3ccc(S(=O)(=O)N4CCOCC4)cc3)cc2C)cc1. The number of amides is 1. The van der Waals surface area contributed by atoms with Gasteiger partial charge in [-0.1, -0.05) is 17.7 Å². The minimum atomic E-state index is -3.77. The highest BCUT2D eigenvalue weighted by Gasteiger charge is 2.26. The van der Waals surface area contributed by atoms with Crippen LogP contribution in [-0.2, 0) is 24.8 Å². The normalized spacial score (nSPS) is 14.8. The summed E-state index contributed by atoms with van der Waals surface area (Å²) in [6, 6.07) is 17.1. The second-order valence-corrected chi connectivity index (χ2v) is 12.1. The predicted octanol–water partition coefficient (Wildman–Crippen LogP) is 3.38. The Morgan fingerprint density at radius 3 is 2.06 bits per heavy atom.